The zero-order valence-electron chi connectivity index (χ0n) is 18.6. The molecule has 0 aliphatic carbocycles. The van der Waals surface area contributed by atoms with E-state index >= 15 is 0 Å². The van der Waals surface area contributed by atoms with Crippen LogP contribution in [0.5, 0.6) is 5.75 Å². The Morgan fingerprint density at radius 3 is 2.31 bits per heavy atom. The molecule has 0 N–H and O–H groups in total. The number of halogens is 5. The third-order valence-corrected chi connectivity index (χ3v) is 6.79. The van der Waals surface area contributed by atoms with Crippen LogP contribution in [0.15, 0.2) is 79.1 Å². The maximum absolute atomic E-state index is 13.0. The van der Waals surface area contributed by atoms with Gasteiger partial charge in [-0.2, -0.15) is 0 Å². The molecule has 0 amide bonds. The Morgan fingerprint density at radius 1 is 0.886 bits per heavy atom. The molecule has 4 rings (SSSR count). The summed E-state index contributed by atoms with van der Waals surface area (Å²) in [7, 11) is 0. The van der Waals surface area contributed by atoms with E-state index < -0.39 is 11.6 Å². The van der Waals surface area contributed by atoms with Crippen LogP contribution < -0.4 is 4.74 Å². The molecule has 0 saturated heterocycles. The lowest BCUT2D eigenvalue weighted by atomic mass is 10.1. The summed E-state index contributed by atoms with van der Waals surface area (Å²) in [4.78, 5) is 4.07. The van der Waals surface area contributed by atoms with Crippen molar-refractivity contribution in [1.29, 1.82) is 0 Å². The summed E-state index contributed by atoms with van der Waals surface area (Å²) in [6, 6.07) is 18.7. The molecule has 3 aromatic rings. The fourth-order valence-corrected chi connectivity index (χ4v) is 4.51. The fourth-order valence-electron chi connectivity index (χ4n) is 3.58. The summed E-state index contributed by atoms with van der Waals surface area (Å²) < 4.78 is 25.0. The Morgan fingerprint density at radius 2 is 1.60 bits per heavy atom. The molecule has 1 heterocycles. The quantitative estimate of drug-likeness (QED) is 0.189. The average Bonchev–Trinajstić information content (AvgIpc) is 3.31. The summed E-state index contributed by atoms with van der Waals surface area (Å²) in [6.45, 7) is 1.92. The molecule has 9 heteroatoms. The van der Waals surface area contributed by atoms with Gasteiger partial charge in [-0.3, -0.25) is 0 Å². The van der Waals surface area contributed by atoms with E-state index in [1.165, 1.54) is 12.1 Å². The van der Waals surface area contributed by atoms with Gasteiger partial charge in [0.2, 0.25) is 0 Å². The largest absolute Gasteiger partial charge is 0.492 e. The molecule has 0 radical (unpaired) electrons. The SMILES string of the molecule is Fc1ccc(OCCN2C=CN(C(Cl)C(OCc3ccc(Cl)cc3Cl)c3ccc(Cl)cc3)C2)cc1. The van der Waals surface area contributed by atoms with Gasteiger partial charge in [-0.25, -0.2) is 4.39 Å². The topological polar surface area (TPSA) is 24.9 Å². The Kier molecular flexibility index (Phi) is 9.04. The molecular weight excluding hydrogens is 533 g/mol. The monoisotopic (exact) mass is 554 g/mol. The first kappa shape index (κ1) is 25.9. The second-order valence-electron chi connectivity index (χ2n) is 7.96. The molecule has 1 aliphatic rings. The highest BCUT2D eigenvalue weighted by atomic mass is 35.5. The van der Waals surface area contributed by atoms with Crippen LogP contribution in [0.1, 0.15) is 17.2 Å². The van der Waals surface area contributed by atoms with Crippen LogP contribution in [0.3, 0.4) is 0 Å². The van der Waals surface area contributed by atoms with Crippen LogP contribution in [0.4, 0.5) is 4.39 Å². The third-order valence-electron chi connectivity index (χ3n) is 5.47. The normalized spacial score (nSPS) is 14.9. The highest BCUT2D eigenvalue weighted by Crippen LogP contribution is 2.32. The molecule has 0 aromatic heterocycles. The van der Waals surface area contributed by atoms with Crippen molar-refractivity contribution >= 4 is 46.4 Å². The Hall–Kier alpha value is -2.15. The van der Waals surface area contributed by atoms with Gasteiger partial charge in [-0.1, -0.05) is 64.6 Å². The van der Waals surface area contributed by atoms with Crippen LogP contribution in [0, 0.1) is 5.82 Å². The number of ether oxygens (including phenoxy) is 2. The van der Waals surface area contributed by atoms with Gasteiger partial charge in [0.05, 0.1) is 19.8 Å². The highest BCUT2D eigenvalue weighted by molar-refractivity contribution is 6.35. The summed E-state index contributed by atoms with van der Waals surface area (Å²) in [5.41, 5.74) is 1.21. The number of hydrogen-bond donors (Lipinski definition) is 0. The van der Waals surface area contributed by atoms with Crippen molar-refractivity contribution in [1.82, 2.24) is 9.80 Å². The maximum Gasteiger partial charge on any atom is 0.135 e. The van der Waals surface area contributed by atoms with Gasteiger partial charge in [0.1, 0.15) is 29.8 Å². The van der Waals surface area contributed by atoms with Gasteiger partial charge < -0.3 is 19.3 Å². The lowest BCUT2D eigenvalue weighted by molar-refractivity contribution is 0.00651. The standard InChI is InChI=1S/C26H23Cl4FN2O2/c27-20-4-1-18(2-5-20)25(35-16-19-3-6-21(28)15-24(19)29)26(30)33-12-11-32(17-33)13-14-34-23-9-7-22(31)8-10-23/h1-12,15,25-26H,13-14,16-17H2. The first-order valence-electron chi connectivity index (χ1n) is 10.9. The predicted octanol–water partition coefficient (Wildman–Crippen LogP) is 7.73. The van der Waals surface area contributed by atoms with Crippen LogP contribution in [-0.2, 0) is 11.3 Å². The smallest absolute Gasteiger partial charge is 0.135 e. The molecular formula is C26H23Cl4FN2O2. The number of benzene rings is 3. The molecule has 0 fully saturated rings. The predicted molar refractivity (Wildman–Crippen MR) is 140 cm³/mol. The van der Waals surface area contributed by atoms with Crippen molar-refractivity contribution in [2.24, 2.45) is 0 Å². The molecule has 0 spiro atoms. The van der Waals surface area contributed by atoms with Gasteiger partial charge in [-0.05, 0) is 59.7 Å². The van der Waals surface area contributed by atoms with Crippen LogP contribution >= 0.6 is 46.4 Å². The number of alkyl halides is 1. The number of nitrogens with zero attached hydrogens (tertiary/aromatic N) is 2. The van der Waals surface area contributed by atoms with Crippen molar-refractivity contribution in [2.75, 3.05) is 19.8 Å². The van der Waals surface area contributed by atoms with E-state index in [1.54, 1.807) is 24.3 Å². The molecule has 2 atom stereocenters. The first-order chi connectivity index (χ1) is 16.9. The number of rotatable bonds is 10. The number of hydrogen-bond acceptors (Lipinski definition) is 4. The van der Waals surface area contributed by atoms with Crippen molar-refractivity contribution in [3.63, 3.8) is 0 Å². The lowest BCUT2D eigenvalue weighted by Crippen LogP contribution is -2.36. The van der Waals surface area contributed by atoms with Crippen LogP contribution in [0.2, 0.25) is 15.1 Å². The van der Waals surface area contributed by atoms with E-state index in [0.717, 1.165) is 11.1 Å². The van der Waals surface area contributed by atoms with Gasteiger partial charge in [-0.15, -0.1) is 0 Å². The Balaban J connectivity index is 1.38. The van der Waals surface area contributed by atoms with E-state index in [0.29, 0.717) is 40.6 Å². The third kappa shape index (κ3) is 7.18. The van der Waals surface area contributed by atoms with Gasteiger partial charge in [0.25, 0.3) is 0 Å². The molecule has 1 aliphatic heterocycles. The Labute approximate surface area is 224 Å². The van der Waals surface area contributed by atoms with Crippen molar-refractivity contribution in [2.45, 2.75) is 18.2 Å². The summed E-state index contributed by atoms with van der Waals surface area (Å²) in [5.74, 6) is 0.332. The molecule has 0 saturated carbocycles. The van der Waals surface area contributed by atoms with E-state index in [9.17, 15) is 4.39 Å². The van der Waals surface area contributed by atoms with Crippen LogP contribution in [0.25, 0.3) is 0 Å². The van der Waals surface area contributed by atoms with Crippen molar-refractivity contribution in [3.05, 3.63) is 111 Å². The average molecular weight is 556 g/mol. The Bertz CT molecular complexity index is 1150. The van der Waals surface area contributed by atoms with E-state index in [1.807, 2.05) is 47.6 Å². The van der Waals surface area contributed by atoms with E-state index in [2.05, 4.69) is 4.90 Å². The maximum atomic E-state index is 13.0. The zero-order valence-corrected chi connectivity index (χ0v) is 21.6. The molecule has 35 heavy (non-hydrogen) atoms. The second-order valence-corrected chi connectivity index (χ2v) is 9.69. The van der Waals surface area contributed by atoms with E-state index in [-0.39, 0.29) is 12.4 Å². The van der Waals surface area contributed by atoms with Gasteiger partial charge in [0, 0.05) is 27.5 Å². The first-order valence-corrected chi connectivity index (χ1v) is 12.5. The molecule has 4 nitrogen and oxygen atoms in total. The lowest BCUT2D eigenvalue weighted by Gasteiger charge is -2.31. The summed E-state index contributed by atoms with van der Waals surface area (Å²) in [6.07, 6.45) is 3.43. The van der Waals surface area contributed by atoms with Gasteiger partial charge in [0.15, 0.2) is 0 Å². The van der Waals surface area contributed by atoms with E-state index in [4.69, 9.17) is 55.9 Å². The van der Waals surface area contributed by atoms with Crippen molar-refractivity contribution < 1.29 is 13.9 Å². The minimum Gasteiger partial charge on any atom is -0.492 e. The zero-order chi connectivity index (χ0) is 24.8. The summed E-state index contributed by atoms with van der Waals surface area (Å²) >= 11 is 25.4. The second kappa shape index (κ2) is 12.2. The van der Waals surface area contributed by atoms with Crippen LogP contribution in [-0.4, -0.2) is 35.1 Å². The molecule has 3 aromatic carbocycles. The van der Waals surface area contributed by atoms with Crippen molar-refractivity contribution in [3.8, 4) is 5.75 Å². The van der Waals surface area contributed by atoms with Gasteiger partial charge >= 0.3 is 0 Å². The highest BCUT2D eigenvalue weighted by Gasteiger charge is 2.29. The fraction of sp³-hybridized carbons (Fsp3) is 0.231. The molecule has 2 unspecified atom stereocenters. The molecule has 0 bridgehead atoms. The minimum atomic E-state index is -0.499. The molecule has 184 valence electrons. The summed E-state index contributed by atoms with van der Waals surface area (Å²) in [5, 5.41) is 1.73. The minimum absolute atomic E-state index is 0.263.